The van der Waals surface area contributed by atoms with Crippen LogP contribution in [0.1, 0.15) is 85.0 Å². The highest BCUT2D eigenvalue weighted by molar-refractivity contribution is 7.91. The number of rotatable bonds is 19. The van der Waals surface area contributed by atoms with Crippen LogP contribution in [0.15, 0.2) is 120 Å². The fourth-order valence-corrected chi connectivity index (χ4v) is 15.9. The van der Waals surface area contributed by atoms with Crippen LogP contribution in [0.3, 0.4) is 0 Å². The second-order valence-corrected chi connectivity index (χ2v) is 24.7. The van der Waals surface area contributed by atoms with E-state index in [4.69, 9.17) is 23.7 Å². The Morgan fingerprint density at radius 1 is 0.806 bits per heavy atom. The number of cyclic esters (lactones) is 1. The quantitative estimate of drug-likeness (QED) is 0.0708. The van der Waals surface area contributed by atoms with Crippen LogP contribution in [-0.4, -0.2) is 95.9 Å². The fourth-order valence-electron chi connectivity index (χ4n) is 10.5. The van der Waals surface area contributed by atoms with Crippen LogP contribution in [0.25, 0.3) is 0 Å². The number of alkyl carbamates (subject to hydrolysis) is 1. The van der Waals surface area contributed by atoms with Gasteiger partial charge >= 0.3 is 6.09 Å². The first kappa shape index (κ1) is 46.4. The zero-order chi connectivity index (χ0) is 44.1. The molecule has 4 aliphatic heterocycles. The molecule has 62 heavy (non-hydrogen) atoms. The summed E-state index contributed by atoms with van der Waals surface area (Å²) in [6.07, 6.45) is 5.42. The van der Waals surface area contributed by atoms with Gasteiger partial charge in [-0.3, -0.25) is 0 Å². The number of sulfone groups is 1. The number of carbonyl (C=O) groups excluding carboxylic acids is 1. The Balaban J connectivity index is 0.937. The summed E-state index contributed by atoms with van der Waals surface area (Å²) in [6.45, 7) is 15.9. The summed E-state index contributed by atoms with van der Waals surface area (Å²) in [5, 5.41) is 4.51. The van der Waals surface area contributed by atoms with Crippen molar-refractivity contribution >= 4 is 34.6 Å². The van der Waals surface area contributed by atoms with Crippen molar-refractivity contribution in [3.8, 4) is 0 Å². The summed E-state index contributed by atoms with van der Waals surface area (Å²) in [7, 11) is -5.13. The summed E-state index contributed by atoms with van der Waals surface area (Å²) < 4.78 is 59.2. The van der Waals surface area contributed by atoms with Gasteiger partial charge in [-0.25, -0.2) is 13.2 Å². The molecule has 0 aromatic heterocycles. The van der Waals surface area contributed by atoms with Crippen LogP contribution in [0.2, 0.25) is 5.04 Å². The average molecular weight is 886 g/mol. The molecule has 0 spiro atoms. The van der Waals surface area contributed by atoms with E-state index in [0.29, 0.717) is 19.4 Å². The lowest BCUT2D eigenvalue weighted by atomic mass is 9.83. The summed E-state index contributed by atoms with van der Waals surface area (Å²) in [5.74, 6) is -0.423. The molecule has 4 saturated heterocycles. The minimum Gasteiger partial charge on any atom is -0.444 e. The van der Waals surface area contributed by atoms with Gasteiger partial charge in [0.1, 0.15) is 6.10 Å². The summed E-state index contributed by atoms with van der Waals surface area (Å²) in [4.78, 5) is 24.7. The molecule has 0 aliphatic carbocycles. The van der Waals surface area contributed by atoms with Crippen molar-refractivity contribution in [2.75, 3.05) is 19.4 Å². The number of hydrogen-bond acceptors (Lipinski definition) is 9. The molecule has 0 radical (unpaired) electrons. The van der Waals surface area contributed by atoms with E-state index < -0.39 is 54.6 Å². The van der Waals surface area contributed by atoms with Gasteiger partial charge in [0.15, 0.2) is 9.84 Å². The Morgan fingerprint density at radius 3 is 2.05 bits per heavy atom. The van der Waals surface area contributed by atoms with Crippen LogP contribution in [-0.2, 0) is 33.5 Å². The lowest BCUT2D eigenvalue weighted by molar-refractivity contribution is -0.0766. The smallest absolute Gasteiger partial charge is 0.407 e. The normalized spacial score (nSPS) is 29.5. The van der Waals surface area contributed by atoms with Crippen molar-refractivity contribution in [2.24, 2.45) is 11.8 Å². The number of hydrogen-bond donors (Lipinski definition) is 2. The summed E-state index contributed by atoms with van der Waals surface area (Å²) in [6, 6.07) is 29.0. The molecule has 0 bridgehead atoms. The molecule has 1 amide bonds. The van der Waals surface area contributed by atoms with Gasteiger partial charge in [-0.2, -0.15) is 0 Å². The summed E-state index contributed by atoms with van der Waals surface area (Å²) >= 11 is 0. The van der Waals surface area contributed by atoms with Crippen molar-refractivity contribution < 1.29 is 41.7 Å². The summed E-state index contributed by atoms with van der Waals surface area (Å²) in [5.41, 5.74) is 2.12. The third-order valence-corrected chi connectivity index (χ3v) is 20.5. The largest absolute Gasteiger partial charge is 0.444 e. The van der Waals surface area contributed by atoms with Crippen molar-refractivity contribution in [3.05, 3.63) is 115 Å². The number of benzene rings is 3. The zero-order valence-electron chi connectivity index (χ0n) is 37.0. The highest BCUT2D eigenvalue weighted by atomic mass is 32.2. The molecule has 7 rings (SSSR count). The number of unbranched alkanes of at least 4 members (excludes halogenated alkanes) is 1. The topological polar surface area (TPSA) is 130 Å². The zero-order valence-corrected chi connectivity index (χ0v) is 38.8. The Labute approximate surface area is 370 Å². The van der Waals surface area contributed by atoms with Crippen LogP contribution < -0.4 is 15.7 Å². The first-order valence-corrected chi connectivity index (χ1v) is 26.2. The highest BCUT2D eigenvalue weighted by Crippen LogP contribution is 2.43. The Bertz CT molecular complexity index is 2040. The Morgan fingerprint density at radius 2 is 1.44 bits per heavy atom. The number of nitrogens with one attached hydrogen (secondary N) is 1. The molecule has 4 heterocycles. The second kappa shape index (κ2) is 20.0. The van der Waals surface area contributed by atoms with Gasteiger partial charge in [-0.15, -0.1) is 0 Å². The van der Waals surface area contributed by atoms with E-state index in [2.05, 4.69) is 63.5 Å². The maximum Gasteiger partial charge on any atom is 0.407 e. The maximum absolute atomic E-state index is 13.8. The first-order chi connectivity index (χ1) is 29.7. The molecule has 10 nitrogen and oxygen atoms in total. The van der Waals surface area contributed by atoms with Crippen LogP contribution in [0.4, 0.5) is 4.79 Å². The molecule has 12 heteroatoms. The van der Waals surface area contributed by atoms with E-state index in [-0.39, 0.29) is 46.0 Å². The van der Waals surface area contributed by atoms with Crippen LogP contribution >= 0.6 is 0 Å². The number of carbonyl (C=O) groups is 1. The Hall–Kier alpha value is -3.62. The van der Waals surface area contributed by atoms with Crippen molar-refractivity contribution in [3.63, 3.8) is 0 Å². The number of ether oxygens (including phenoxy) is 5. The van der Waals surface area contributed by atoms with Gasteiger partial charge in [0.2, 0.25) is 0 Å². The minimum atomic E-state index is -3.68. The van der Waals surface area contributed by atoms with E-state index in [1.165, 1.54) is 0 Å². The number of amides is 1. The van der Waals surface area contributed by atoms with Crippen molar-refractivity contribution in [1.82, 2.24) is 5.32 Å². The van der Waals surface area contributed by atoms with E-state index >= 15 is 0 Å². The molecule has 4 fully saturated rings. The van der Waals surface area contributed by atoms with Gasteiger partial charge in [-0.1, -0.05) is 126 Å². The monoisotopic (exact) mass is 885 g/mol. The van der Waals surface area contributed by atoms with Gasteiger partial charge in [0, 0.05) is 25.9 Å². The SMILES string of the molecule is C=C1C[C@H](CCCCC(C)(C)[Si](O)(c2ccccc2)c2ccccc2)O[C@H]1CC[C@H]1C[C@@H](C)C(=C)[C@@H](C[C@@H]2O[C@H](C[C@H]3CNC(=O)O3)[C@H](OC)[C@H]2CS(=O)(=O)c2ccccc2)O1. The standard InChI is InChI=1S/C50H67NO9SSi/c1-34-28-38(25-26-44-35(2)29-37(57-44)18-16-17-27-50(4,5)62(55,41-21-12-8-13-22-41)42-23-14-9-15-24-42)58-45(36(34)3)31-46-43(33-61(53,54)40-19-10-7-11-20-40)48(56-6)47(60-46)30-39-32-51-49(52)59-39/h7-15,19-24,34,37-39,43-48,55H,2-3,16-18,25-33H2,1,4-6H3,(H,51,52)/t34-,37+,38+,39+,43+,44+,45-,46+,47-,48-/m1/s1. The minimum absolute atomic E-state index is 0.0266. The first-order valence-electron chi connectivity index (χ1n) is 22.6. The maximum atomic E-state index is 13.8. The molecule has 4 aliphatic rings. The van der Waals surface area contributed by atoms with Crippen LogP contribution in [0, 0.1) is 11.8 Å². The average Bonchev–Trinajstić information content (AvgIpc) is 3.95. The highest BCUT2D eigenvalue weighted by Gasteiger charge is 2.51. The van der Waals surface area contributed by atoms with E-state index in [1.54, 1.807) is 37.4 Å². The fraction of sp³-hybridized carbons (Fsp3) is 0.540. The molecular weight excluding hydrogens is 819 g/mol. The van der Waals surface area contributed by atoms with E-state index in [0.717, 1.165) is 72.9 Å². The molecule has 0 saturated carbocycles. The molecule has 3 aromatic rings. The van der Waals surface area contributed by atoms with Gasteiger partial charge in [0.25, 0.3) is 8.32 Å². The molecule has 2 N–H and O–H groups in total. The van der Waals surface area contributed by atoms with E-state index in [1.807, 2.05) is 36.4 Å². The Kier molecular flexibility index (Phi) is 15.0. The predicted octanol–water partition coefficient (Wildman–Crippen LogP) is 7.68. The number of methoxy groups -OCH3 is 1. The molecule has 0 unspecified atom stereocenters. The lowest BCUT2D eigenvalue weighted by Crippen LogP contribution is -2.65. The predicted molar refractivity (Wildman–Crippen MR) is 245 cm³/mol. The van der Waals surface area contributed by atoms with Crippen LogP contribution in [0.5, 0.6) is 0 Å². The van der Waals surface area contributed by atoms with Gasteiger partial charge in [0.05, 0.1) is 59.9 Å². The molecule has 10 atom stereocenters. The molecule has 3 aromatic carbocycles. The van der Waals surface area contributed by atoms with Gasteiger partial charge in [-0.05, 0) is 83.1 Å². The van der Waals surface area contributed by atoms with Gasteiger partial charge < -0.3 is 33.8 Å². The van der Waals surface area contributed by atoms with Crippen molar-refractivity contribution in [2.45, 2.75) is 144 Å². The van der Waals surface area contributed by atoms with Crippen molar-refractivity contribution in [1.29, 1.82) is 0 Å². The van der Waals surface area contributed by atoms with E-state index in [9.17, 15) is 18.0 Å². The molecular formula is C50H67NO9SSi. The third-order valence-electron chi connectivity index (χ3n) is 14.1. The lowest BCUT2D eigenvalue weighted by Gasteiger charge is -2.41. The third kappa shape index (κ3) is 10.5. The molecule has 336 valence electrons. The second-order valence-electron chi connectivity index (χ2n) is 18.8.